The predicted octanol–water partition coefficient (Wildman–Crippen LogP) is 17.8. The third kappa shape index (κ3) is 8.69. The van der Waals surface area contributed by atoms with Crippen LogP contribution in [0.2, 0.25) is 0 Å². The Morgan fingerprint density at radius 1 is 0.446 bits per heavy atom. The van der Waals surface area contributed by atoms with Crippen LogP contribution < -0.4 is 40.2 Å². The summed E-state index contributed by atoms with van der Waals surface area (Å²) in [5.41, 5.74) is 15.4. The Bertz CT molecular complexity index is 4860. The molecule has 0 saturated carbocycles. The molecule has 0 unspecified atom stereocenters. The zero-order valence-electron chi connectivity index (χ0n) is 58.1. The first-order valence-corrected chi connectivity index (χ1v) is 30.4. The molecule has 0 fully saturated rings. The van der Waals surface area contributed by atoms with Crippen molar-refractivity contribution in [3.8, 4) is 56.0 Å². The molecule has 1 aromatic heterocycles. The minimum absolute atomic E-state index is 0.0932. The number of anilines is 7. The second kappa shape index (κ2) is 19.7. The van der Waals surface area contributed by atoms with E-state index in [1.807, 2.05) is 55.5 Å². The zero-order valence-corrected chi connectivity index (χ0v) is 49.1. The topological polar surface area (TPSA) is 31.8 Å². The molecule has 4 heterocycles. The van der Waals surface area contributed by atoms with Crippen molar-refractivity contribution in [3.05, 3.63) is 264 Å². The van der Waals surface area contributed by atoms with Crippen LogP contribution in [-0.4, -0.2) is 19.7 Å². The fraction of sp³-hybridized carbons (Fsp3) is 0.156. The number of aromatic nitrogens is 1. The number of aryl methyl sites for hydroxylation is 3. The molecule has 0 atom stereocenters. The van der Waals surface area contributed by atoms with E-state index in [4.69, 9.17) is 20.7 Å². The maximum absolute atomic E-state index is 9.36. The minimum Gasteiger partial charge on any atom is -0.457 e. The van der Waals surface area contributed by atoms with Gasteiger partial charge < -0.3 is 14.5 Å². The summed E-state index contributed by atoms with van der Waals surface area (Å²) in [4.78, 5) is 11.8. The fourth-order valence-electron chi connectivity index (χ4n) is 12.8. The molecular formula is C77H68N4OSi. The molecule has 3 aliphatic heterocycles. The molecule has 5 nitrogen and oxygen atoms in total. The van der Waals surface area contributed by atoms with Gasteiger partial charge in [-0.2, -0.15) is 0 Å². The fourth-order valence-corrected chi connectivity index (χ4v) is 18.3. The first kappa shape index (κ1) is 41.7. The molecule has 1 spiro atoms. The van der Waals surface area contributed by atoms with Gasteiger partial charge >= 0.3 is 0 Å². The summed E-state index contributed by atoms with van der Waals surface area (Å²) in [5, 5.41) is 4.91. The second-order valence-electron chi connectivity index (χ2n) is 24.3. The molecule has 10 aromatic carbocycles. The molecule has 0 aliphatic carbocycles. The Labute approximate surface area is 504 Å². The molecule has 0 bridgehead atoms. The molecular weight excluding hydrogens is 1020 g/mol. The molecule has 406 valence electrons. The molecule has 3 aliphatic rings. The van der Waals surface area contributed by atoms with Gasteiger partial charge in [-0.1, -0.05) is 228 Å². The summed E-state index contributed by atoms with van der Waals surface area (Å²) in [6, 6.07) is 55.8. The largest absolute Gasteiger partial charge is 0.457 e. The third-order valence-corrected chi connectivity index (χ3v) is 21.8. The van der Waals surface area contributed by atoms with Crippen LogP contribution in [0.1, 0.15) is 83.1 Å². The van der Waals surface area contributed by atoms with E-state index >= 15 is 0 Å². The summed E-state index contributed by atoms with van der Waals surface area (Å²) in [6.45, 7) is 19.7. The van der Waals surface area contributed by atoms with Crippen LogP contribution in [0.4, 0.5) is 39.9 Å². The van der Waals surface area contributed by atoms with Gasteiger partial charge in [0.05, 0.1) is 36.5 Å². The lowest BCUT2D eigenvalue weighted by atomic mass is 9.78. The predicted molar refractivity (Wildman–Crippen MR) is 352 cm³/mol. The summed E-state index contributed by atoms with van der Waals surface area (Å²) in [7, 11) is -3.13. The van der Waals surface area contributed by atoms with Crippen LogP contribution in [0.3, 0.4) is 0 Å². The van der Waals surface area contributed by atoms with E-state index < -0.39 is 44.3 Å². The molecule has 0 N–H and O–H groups in total. The highest BCUT2D eigenvalue weighted by Gasteiger charge is 2.54. The van der Waals surface area contributed by atoms with Gasteiger partial charge in [-0.25, -0.2) is 4.98 Å². The van der Waals surface area contributed by atoms with Gasteiger partial charge in [-0.05, 0) is 139 Å². The van der Waals surface area contributed by atoms with Gasteiger partial charge in [0.25, 0.3) is 0 Å². The highest BCUT2D eigenvalue weighted by atomic mass is 28.3. The number of hydrogen-bond donors (Lipinski definition) is 0. The lowest BCUT2D eigenvalue weighted by Gasteiger charge is -2.43. The summed E-state index contributed by atoms with van der Waals surface area (Å²) < 4.78 is 95.3. The maximum Gasteiger partial charge on any atom is 0.185 e. The number of nitrogens with zero attached hydrogens (tertiary/aromatic N) is 4. The van der Waals surface area contributed by atoms with Gasteiger partial charge in [0.2, 0.25) is 0 Å². The van der Waals surface area contributed by atoms with Gasteiger partial charge in [0, 0.05) is 46.4 Å². The zero-order chi connectivity index (χ0) is 65.6. The first-order chi connectivity index (χ1) is 44.3. The average Bonchev–Trinajstić information content (AvgIpc) is 1.64. The summed E-state index contributed by atoms with van der Waals surface area (Å²) in [6.07, 6.45) is 1.63. The molecule has 0 amide bonds. The Hall–Kier alpha value is -9.23. The summed E-state index contributed by atoms with van der Waals surface area (Å²) in [5.74, 6) is 1.73. The number of fused-ring (bicyclic) bond motifs is 10. The summed E-state index contributed by atoms with van der Waals surface area (Å²) >= 11 is 0. The monoisotopic (exact) mass is 1100 g/mol. The van der Waals surface area contributed by atoms with E-state index in [0.29, 0.717) is 46.4 Å². The Morgan fingerprint density at radius 2 is 0.988 bits per heavy atom. The number of pyridine rings is 1. The van der Waals surface area contributed by atoms with E-state index in [-0.39, 0.29) is 46.1 Å². The van der Waals surface area contributed by atoms with E-state index in [1.54, 1.807) is 6.20 Å². The van der Waals surface area contributed by atoms with Gasteiger partial charge in [0.1, 0.15) is 24.0 Å². The second-order valence-corrected chi connectivity index (χ2v) is 28.0. The van der Waals surface area contributed by atoms with Crippen molar-refractivity contribution in [1.29, 1.82) is 0 Å². The Balaban J connectivity index is 0.914. The SMILES string of the molecule is [2H]c1c([2H])c([2H])c(-c2cnc(N3c4ccccc4[Si]4(c5ccc(C)cc5-c5cc(C)ccc54)c4ccc(Oc5cccc(N6CN(c7c(-c8cc(C(C)(C)C)cc(C(C)(C)C)c8)cccc7-c7c([2H])c([2H])c([2H])c([2H])c7[2H])c7ccccc76)c5)cc43)cc2C)c([2H])c1[2H]. The highest BCUT2D eigenvalue weighted by Crippen LogP contribution is 2.52. The molecule has 14 rings (SSSR count). The van der Waals surface area contributed by atoms with Crippen LogP contribution in [0.15, 0.2) is 236 Å². The number of para-hydroxylation sites is 4. The van der Waals surface area contributed by atoms with Gasteiger partial charge in [0.15, 0.2) is 8.07 Å². The van der Waals surface area contributed by atoms with Crippen LogP contribution in [0.5, 0.6) is 11.5 Å². The van der Waals surface area contributed by atoms with E-state index in [0.717, 1.165) is 55.9 Å². The van der Waals surface area contributed by atoms with Crippen molar-refractivity contribution in [1.82, 2.24) is 4.98 Å². The van der Waals surface area contributed by atoms with Crippen molar-refractivity contribution in [2.24, 2.45) is 0 Å². The maximum atomic E-state index is 9.36. The van der Waals surface area contributed by atoms with Crippen molar-refractivity contribution >= 4 is 68.8 Å². The Kier molecular flexibility index (Phi) is 9.92. The van der Waals surface area contributed by atoms with Crippen molar-refractivity contribution in [2.45, 2.75) is 73.1 Å². The van der Waals surface area contributed by atoms with Crippen LogP contribution >= 0.6 is 0 Å². The standard InChI is InChI=1S/C77H68N4OSi/c1-50-34-37-70-63(40-50)64-41-51(2)35-38-71(64)83(70)72-33-19-18-32-68(72)81(74-42-52(3)65(48-78-74)54-24-14-11-15-25-54)69-47-60(36-39-73(69)83)82-59-27-20-26-58(46-59)79-49-80(67-31-17-16-30-66(67)79)75-61(53-22-12-10-13-23-53)28-21-29-62(75)55-43-56(76(4,5)6)45-57(44-55)77(7,8)9/h10-48H,49H2,1-9H3/i10D,11D,12D,13D,14D,15D,22D,23D,24D,25D. The first-order valence-electron chi connectivity index (χ1n) is 33.4. The minimum atomic E-state index is -3.13. The number of benzene rings is 10. The molecule has 0 radical (unpaired) electrons. The van der Waals surface area contributed by atoms with E-state index in [1.165, 1.54) is 37.8 Å². The number of rotatable bonds is 8. The smallest absolute Gasteiger partial charge is 0.185 e. The molecule has 83 heavy (non-hydrogen) atoms. The van der Waals surface area contributed by atoms with Crippen molar-refractivity contribution in [2.75, 3.05) is 21.4 Å². The lowest BCUT2D eigenvalue weighted by molar-refractivity contribution is 0.483. The molecule has 0 saturated heterocycles. The molecule has 6 heteroatoms. The van der Waals surface area contributed by atoms with Crippen LogP contribution in [0.25, 0.3) is 44.5 Å². The van der Waals surface area contributed by atoms with Crippen LogP contribution in [0, 0.1) is 20.8 Å². The quantitative estimate of drug-likeness (QED) is 0.142. The lowest BCUT2D eigenvalue weighted by Crippen LogP contribution is -2.75. The van der Waals surface area contributed by atoms with Gasteiger partial charge in [-0.15, -0.1) is 0 Å². The van der Waals surface area contributed by atoms with Crippen molar-refractivity contribution in [3.63, 3.8) is 0 Å². The number of hydrogen-bond acceptors (Lipinski definition) is 5. The number of ether oxygens (including phenoxy) is 1. The normalized spacial score (nSPS) is 15.5. The van der Waals surface area contributed by atoms with E-state index in [9.17, 15) is 2.74 Å². The highest BCUT2D eigenvalue weighted by molar-refractivity contribution is 7.23. The third-order valence-electron chi connectivity index (χ3n) is 16.9. The molecule has 11 aromatic rings. The average molecular weight is 1100 g/mol. The van der Waals surface area contributed by atoms with E-state index in [2.05, 4.69) is 191 Å². The Morgan fingerprint density at radius 3 is 1.61 bits per heavy atom. The van der Waals surface area contributed by atoms with Crippen LogP contribution in [-0.2, 0) is 10.8 Å². The van der Waals surface area contributed by atoms with Gasteiger partial charge in [-0.3, -0.25) is 4.90 Å². The van der Waals surface area contributed by atoms with Crippen molar-refractivity contribution < 1.29 is 18.4 Å².